The van der Waals surface area contributed by atoms with Crippen LogP contribution in [0.4, 0.5) is 5.13 Å². The number of rotatable bonds is 8. The molecule has 0 amide bonds. The summed E-state index contributed by atoms with van der Waals surface area (Å²) in [5.41, 5.74) is 1.31. The van der Waals surface area contributed by atoms with Crippen LogP contribution in [0.3, 0.4) is 0 Å². The standard InChI is InChI=1S/C15H21N3OS2/c1-11(2)10-16-14-17-18-15(21-14)20-9-8-12-4-6-13(19-3)7-5-12/h4-7,11H,8-10H2,1-3H3,(H,16,17). The number of nitrogens with one attached hydrogen (secondary N) is 1. The van der Waals surface area contributed by atoms with E-state index >= 15 is 0 Å². The lowest BCUT2D eigenvalue weighted by atomic mass is 10.2. The molecule has 21 heavy (non-hydrogen) atoms. The molecule has 0 aliphatic heterocycles. The SMILES string of the molecule is COc1ccc(CCSc2nnc(NCC(C)C)s2)cc1. The van der Waals surface area contributed by atoms with Crippen LogP contribution in [-0.2, 0) is 6.42 Å². The maximum absolute atomic E-state index is 5.16. The molecule has 0 radical (unpaired) electrons. The third-order valence-electron chi connectivity index (χ3n) is 2.84. The molecule has 0 saturated carbocycles. The van der Waals surface area contributed by atoms with Gasteiger partial charge in [-0.1, -0.05) is 49.1 Å². The number of hydrogen-bond acceptors (Lipinski definition) is 6. The van der Waals surface area contributed by atoms with Crippen LogP contribution in [0.25, 0.3) is 0 Å². The third-order valence-corrected chi connectivity index (χ3v) is 4.86. The minimum atomic E-state index is 0.611. The van der Waals surface area contributed by atoms with Crippen LogP contribution in [-0.4, -0.2) is 29.6 Å². The first-order valence-electron chi connectivity index (χ1n) is 7.00. The molecule has 2 aromatic rings. The molecule has 4 nitrogen and oxygen atoms in total. The fraction of sp³-hybridized carbons (Fsp3) is 0.467. The van der Waals surface area contributed by atoms with Crippen LogP contribution >= 0.6 is 23.1 Å². The number of nitrogens with zero attached hydrogens (tertiary/aromatic N) is 2. The van der Waals surface area contributed by atoms with Crippen molar-refractivity contribution in [2.75, 3.05) is 24.7 Å². The molecule has 2 rings (SSSR count). The summed E-state index contributed by atoms with van der Waals surface area (Å²) in [5.74, 6) is 2.52. The third kappa shape index (κ3) is 5.55. The van der Waals surface area contributed by atoms with Crippen molar-refractivity contribution >= 4 is 28.2 Å². The quantitative estimate of drug-likeness (QED) is 0.745. The molecule has 6 heteroatoms. The fourth-order valence-electron chi connectivity index (χ4n) is 1.68. The Morgan fingerprint density at radius 2 is 2.00 bits per heavy atom. The number of benzene rings is 1. The van der Waals surface area contributed by atoms with Crippen molar-refractivity contribution < 1.29 is 4.74 Å². The largest absolute Gasteiger partial charge is 0.497 e. The molecule has 0 spiro atoms. The Hall–Kier alpha value is -1.27. The van der Waals surface area contributed by atoms with E-state index in [1.165, 1.54) is 5.56 Å². The first kappa shape index (κ1) is 16.1. The van der Waals surface area contributed by atoms with E-state index in [1.54, 1.807) is 30.2 Å². The first-order valence-corrected chi connectivity index (χ1v) is 8.80. The van der Waals surface area contributed by atoms with Gasteiger partial charge in [-0.25, -0.2) is 0 Å². The Labute approximate surface area is 134 Å². The van der Waals surface area contributed by atoms with Crippen molar-refractivity contribution in [3.8, 4) is 5.75 Å². The molecule has 114 valence electrons. The second-order valence-corrected chi connectivity index (χ2v) is 7.41. The van der Waals surface area contributed by atoms with Gasteiger partial charge >= 0.3 is 0 Å². The molecule has 0 fully saturated rings. The summed E-state index contributed by atoms with van der Waals surface area (Å²) in [6.45, 7) is 5.29. The monoisotopic (exact) mass is 323 g/mol. The summed E-state index contributed by atoms with van der Waals surface area (Å²) in [5, 5.41) is 12.6. The molecular weight excluding hydrogens is 302 g/mol. The predicted molar refractivity (Wildman–Crippen MR) is 90.7 cm³/mol. The van der Waals surface area contributed by atoms with Crippen molar-refractivity contribution in [1.82, 2.24) is 10.2 Å². The van der Waals surface area contributed by atoms with E-state index in [1.807, 2.05) is 12.1 Å². The summed E-state index contributed by atoms with van der Waals surface area (Å²) in [6.07, 6.45) is 1.02. The highest BCUT2D eigenvalue weighted by atomic mass is 32.2. The Kier molecular flexibility index (Phi) is 6.32. The van der Waals surface area contributed by atoms with Crippen LogP contribution in [0.5, 0.6) is 5.75 Å². The fourth-order valence-corrected chi connectivity index (χ4v) is 3.50. The molecule has 0 aliphatic rings. The Balaban J connectivity index is 1.75. The van der Waals surface area contributed by atoms with E-state index in [9.17, 15) is 0 Å². The highest BCUT2D eigenvalue weighted by Crippen LogP contribution is 2.26. The second-order valence-electron chi connectivity index (χ2n) is 5.09. The van der Waals surface area contributed by atoms with Gasteiger partial charge in [0, 0.05) is 12.3 Å². The van der Waals surface area contributed by atoms with Crippen molar-refractivity contribution in [2.24, 2.45) is 5.92 Å². The summed E-state index contributed by atoms with van der Waals surface area (Å²) in [4.78, 5) is 0. The average Bonchev–Trinajstić information content (AvgIpc) is 2.94. The lowest BCUT2D eigenvalue weighted by Crippen LogP contribution is -2.07. The summed E-state index contributed by atoms with van der Waals surface area (Å²) in [6, 6.07) is 8.21. The second kappa shape index (κ2) is 8.24. The molecule has 0 bridgehead atoms. The maximum Gasteiger partial charge on any atom is 0.206 e. The van der Waals surface area contributed by atoms with Crippen LogP contribution in [0.2, 0.25) is 0 Å². The number of aromatic nitrogens is 2. The van der Waals surface area contributed by atoms with Gasteiger partial charge in [0.2, 0.25) is 5.13 Å². The summed E-state index contributed by atoms with van der Waals surface area (Å²) < 4.78 is 6.18. The van der Waals surface area contributed by atoms with Crippen molar-refractivity contribution in [3.05, 3.63) is 29.8 Å². The topological polar surface area (TPSA) is 47.0 Å². The lowest BCUT2D eigenvalue weighted by Gasteiger charge is -2.03. The maximum atomic E-state index is 5.16. The molecule has 1 heterocycles. The van der Waals surface area contributed by atoms with Crippen LogP contribution in [0, 0.1) is 5.92 Å². The normalized spacial score (nSPS) is 10.9. The van der Waals surface area contributed by atoms with Crippen molar-refractivity contribution in [3.63, 3.8) is 0 Å². The van der Waals surface area contributed by atoms with E-state index in [4.69, 9.17) is 4.74 Å². The highest BCUT2D eigenvalue weighted by Gasteiger charge is 2.05. The number of methoxy groups -OCH3 is 1. The molecule has 1 aromatic carbocycles. The van der Waals surface area contributed by atoms with Crippen LogP contribution < -0.4 is 10.1 Å². The Morgan fingerprint density at radius 3 is 2.67 bits per heavy atom. The van der Waals surface area contributed by atoms with E-state index in [2.05, 4.69) is 41.5 Å². The van der Waals surface area contributed by atoms with Gasteiger partial charge in [0.1, 0.15) is 5.75 Å². The van der Waals surface area contributed by atoms with Gasteiger partial charge < -0.3 is 10.1 Å². The predicted octanol–water partition coefficient (Wildman–Crippen LogP) is 3.95. The zero-order valence-corrected chi connectivity index (χ0v) is 14.3. The number of anilines is 1. The number of hydrogen-bond donors (Lipinski definition) is 1. The molecule has 0 saturated heterocycles. The number of thioether (sulfide) groups is 1. The average molecular weight is 323 g/mol. The lowest BCUT2D eigenvalue weighted by molar-refractivity contribution is 0.414. The minimum Gasteiger partial charge on any atom is -0.497 e. The minimum absolute atomic E-state index is 0.611. The van der Waals surface area contributed by atoms with Gasteiger partial charge in [-0.3, -0.25) is 0 Å². The first-order chi connectivity index (χ1) is 10.2. The Bertz CT molecular complexity index is 540. The van der Waals surface area contributed by atoms with Crippen molar-refractivity contribution in [1.29, 1.82) is 0 Å². The Morgan fingerprint density at radius 1 is 1.24 bits per heavy atom. The zero-order valence-electron chi connectivity index (χ0n) is 12.6. The smallest absolute Gasteiger partial charge is 0.206 e. The summed E-state index contributed by atoms with van der Waals surface area (Å²) in [7, 11) is 1.69. The van der Waals surface area contributed by atoms with Gasteiger partial charge in [-0.15, -0.1) is 10.2 Å². The molecule has 0 aliphatic carbocycles. The van der Waals surface area contributed by atoms with E-state index in [0.29, 0.717) is 5.92 Å². The van der Waals surface area contributed by atoms with Gasteiger partial charge in [-0.05, 0) is 30.0 Å². The molecule has 0 atom stereocenters. The molecular formula is C15H21N3OS2. The van der Waals surface area contributed by atoms with E-state index in [0.717, 1.165) is 33.9 Å². The van der Waals surface area contributed by atoms with Crippen molar-refractivity contribution in [2.45, 2.75) is 24.6 Å². The number of ether oxygens (including phenoxy) is 1. The van der Waals surface area contributed by atoms with Gasteiger partial charge in [-0.2, -0.15) is 0 Å². The zero-order chi connectivity index (χ0) is 15.1. The highest BCUT2D eigenvalue weighted by molar-refractivity contribution is 8.01. The molecule has 1 N–H and O–H groups in total. The van der Waals surface area contributed by atoms with Gasteiger partial charge in [0.25, 0.3) is 0 Å². The molecule has 0 unspecified atom stereocenters. The van der Waals surface area contributed by atoms with E-state index < -0.39 is 0 Å². The van der Waals surface area contributed by atoms with Crippen LogP contribution in [0.15, 0.2) is 28.6 Å². The van der Waals surface area contributed by atoms with E-state index in [-0.39, 0.29) is 0 Å². The summed E-state index contributed by atoms with van der Waals surface area (Å²) >= 11 is 3.38. The number of aryl methyl sites for hydroxylation is 1. The van der Waals surface area contributed by atoms with Crippen LogP contribution in [0.1, 0.15) is 19.4 Å². The van der Waals surface area contributed by atoms with Gasteiger partial charge in [0.05, 0.1) is 7.11 Å². The molecule has 1 aromatic heterocycles. The van der Waals surface area contributed by atoms with Gasteiger partial charge in [0.15, 0.2) is 4.34 Å².